The molecule has 0 atom stereocenters. The molecular formula is C7H4ClFN2. The molecule has 11 heavy (non-hydrogen) atoms. The summed E-state index contributed by atoms with van der Waals surface area (Å²) >= 11 is 5.45. The molecule has 0 unspecified atom stereocenters. The van der Waals surface area contributed by atoms with E-state index in [2.05, 4.69) is 4.98 Å². The van der Waals surface area contributed by atoms with Gasteiger partial charge in [0.1, 0.15) is 5.65 Å². The van der Waals surface area contributed by atoms with Crippen LogP contribution in [0.5, 0.6) is 0 Å². The van der Waals surface area contributed by atoms with E-state index in [1.165, 1.54) is 4.40 Å². The number of imidazole rings is 1. The van der Waals surface area contributed by atoms with Gasteiger partial charge in [0.25, 0.3) is 0 Å². The van der Waals surface area contributed by atoms with E-state index in [4.69, 9.17) is 11.6 Å². The molecule has 0 aliphatic heterocycles. The number of rotatable bonds is 0. The number of hydrogen-bond acceptors (Lipinski definition) is 1. The topological polar surface area (TPSA) is 17.3 Å². The summed E-state index contributed by atoms with van der Waals surface area (Å²) in [6.07, 6.45) is 1.57. The van der Waals surface area contributed by atoms with E-state index in [1.54, 1.807) is 24.4 Å². The van der Waals surface area contributed by atoms with E-state index in [9.17, 15) is 4.39 Å². The third-order valence-corrected chi connectivity index (χ3v) is 1.67. The lowest BCUT2D eigenvalue weighted by Gasteiger charge is -1.89. The maximum absolute atomic E-state index is 12.9. The smallest absolute Gasteiger partial charge is 0.237 e. The van der Waals surface area contributed by atoms with Crippen molar-refractivity contribution in [1.29, 1.82) is 0 Å². The average molecular weight is 171 g/mol. The zero-order valence-corrected chi connectivity index (χ0v) is 6.22. The summed E-state index contributed by atoms with van der Waals surface area (Å²) in [7, 11) is 0. The molecule has 0 aromatic carbocycles. The van der Waals surface area contributed by atoms with Crippen molar-refractivity contribution in [3.63, 3.8) is 0 Å². The monoisotopic (exact) mass is 170 g/mol. The van der Waals surface area contributed by atoms with Crippen LogP contribution in [-0.4, -0.2) is 9.38 Å². The first-order valence-electron chi connectivity index (χ1n) is 3.07. The van der Waals surface area contributed by atoms with Gasteiger partial charge in [-0.1, -0.05) is 17.7 Å². The van der Waals surface area contributed by atoms with Gasteiger partial charge in [0.2, 0.25) is 5.95 Å². The summed E-state index contributed by atoms with van der Waals surface area (Å²) in [5.41, 5.74) is 0.523. The highest BCUT2D eigenvalue weighted by molar-refractivity contribution is 6.29. The molecule has 0 N–H and O–H groups in total. The van der Waals surface area contributed by atoms with Gasteiger partial charge in [0.15, 0.2) is 5.15 Å². The van der Waals surface area contributed by atoms with Gasteiger partial charge in [0, 0.05) is 6.20 Å². The largest absolute Gasteiger partial charge is 0.275 e. The summed E-state index contributed by atoms with van der Waals surface area (Å²) in [6, 6.07) is 5.18. The summed E-state index contributed by atoms with van der Waals surface area (Å²) in [5, 5.41) is -0.0869. The van der Waals surface area contributed by atoms with E-state index in [0.717, 1.165) is 0 Å². The fraction of sp³-hybridized carbons (Fsp3) is 0. The molecular weight excluding hydrogens is 167 g/mol. The van der Waals surface area contributed by atoms with Crippen LogP contribution in [0, 0.1) is 5.95 Å². The normalized spacial score (nSPS) is 10.7. The first kappa shape index (κ1) is 6.61. The van der Waals surface area contributed by atoms with Crippen molar-refractivity contribution in [2.24, 2.45) is 0 Å². The van der Waals surface area contributed by atoms with Crippen LogP contribution in [0.1, 0.15) is 0 Å². The van der Waals surface area contributed by atoms with Gasteiger partial charge in [-0.15, -0.1) is 0 Å². The van der Waals surface area contributed by atoms with Crippen molar-refractivity contribution < 1.29 is 4.39 Å². The minimum atomic E-state index is -0.512. The second kappa shape index (κ2) is 2.20. The van der Waals surface area contributed by atoms with Gasteiger partial charge in [-0.2, -0.15) is 4.39 Å². The van der Waals surface area contributed by atoms with Crippen LogP contribution in [0.4, 0.5) is 4.39 Å². The summed E-state index contributed by atoms with van der Waals surface area (Å²) < 4.78 is 14.2. The van der Waals surface area contributed by atoms with Crippen LogP contribution < -0.4 is 0 Å². The highest BCUT2D eigenvalue weighted by Gasteiger charge is 2.06. The second-order valence-electron chi connectivity index (χ2n) is 2.12. The lowest BCUT2D eigenvalue weighted by molar-refractivity contribution is 0.573. The standard InChI is InChI=1S/C7H4ClFN2/c8-6-7(9)11-4-2-1-3-5(11)10-6/h1-4H. The number of nitrogens with zero attached hydrogens (tertiary/aromatic N) is 2. The maximum atomic E-state index is 12.9. The lowest BCUT2D eigenvalue weighted by Crippen LogP contribution is -1.84. The molecule has 0 amide bonds. The fourth-order valence-corrected chi connectivity index (χ4v) is 1.11. The van der Waals surface area contributed by atoms with Crippen LogP contribution in [0.3, 0.4) is 0 Å². The molecule has 4 heteroatoms. The maximum Gasteiger partial charge on any atom is 0.237 e. The predicted octanol–water partition coefficient (Wildman–Crippen LogP) is 2.13. The predicted molar refractivity (Wildman–Crippen MR) is 40.2 cm³/mol. The number of hydrogen-bond donors (Lipinski definition) is 0. The Bertz CT molecular complexity index is 396. The molecule has 2 rings (SSSR count). The molecule has 0 fully saturated rings. The van der Waals surface area contributed by atoms with Crippen LogP contribution in [0.25, 0.3) is 5.65 Å². The average Bonchev–Trinajstić information content (AvgIpc) is 2.30. The van der Waals surface area contributed by atoms with Gasteiger partial charge in [0.05, 0.1) is 0 Å². The Morgan fingerprint density at radius 3 is 3.00 bits per heavy atom. The van der Waals surface area contributed by atoms with Crippen molar-refractivity contribution in [3.8, 4) is 0 Å². The van der Waals surface area contributed by atoms with E-state index in [1.807, 2.05) is 0 Å². The molecule has 2 heterocycles. The highest BCUT2D eigenvalue weighted by atomic mass is 35.5. The molecule has 2 aromatic heterocycles. The van der Waals surface area contributed by atoms with Crippen LogP contribution >= 0.6 is 11.6 Å². The Labute approximate surface area is 67.2 Å². The van der Waals surface area contributed by atoms with Crippen LogP contribution in [0.2, 0.25) is 5.15 Å². The molecule has 0 saturated carbocycles. The van der Waals surface area contributed by atoms with Gasteiger partial charge in [-0.05, 0) is 12.1 Å². The number of aromatic nitrogens is 2. The van der Waals surface area contributed by atoms with Gasteiger partial charge >= 0.3 is 0 Å². The van der Waals surface area contributed by atoms with Crippen molar-refractivity contribution >= 4 is 17.2 Å². The molecule has 0 spiro atoms. The number of halogens is 2. The van der Waals surface area contributed by atoms with Gasteiger partial charge in [-0.25, -0.2) is 4.98 Å². The minimum Gasteiger partial charge on any atom is -0.275 e. The molecule has 0 saturated heterocycles. The molecule has 2 aromatic rings. The first-order chi connectivity index (χ1) is 5.29. The van der Waals surface area contributed by atoms with Gasteiger partial charge in [-0.3, -0.25) is 4.40 Å². The van der Waals surface area contributed by atoms with Gasteiger partial charge < -0.3 is 0 Å². The summed E-state index contributed by atoms with van der Waals surface area (Å²) in [5.74, 6) is -0.512. The fourth-order valence-electron chi connectivity index (χ4n) is 0.937. The van der Waals surface area contributed by atoms with E-state index in [-0.39, 0.29) is 5.15 Å². The SMILES string of the molecule is Fc1c(Cl)nc2ccccn12. The zero-order valence-electron chi connectivity index (χ0n) is 5.46. The highest BCUT2D eigenvalue weighted by Crippen LogP contribution is 2.14. The zero-order chi connectivity index (χ0) is 7.84. The number of fused-ring (bicyclic) bond motifs is 1. The Morgan fingerprint density at radius 1 is 1.45 bits per heavy atom. The Hall–Kier alpha value is -1.09. The third-order valence-electron chi connectivity index (χ3n) is 1.43. The lowest BCUT2D eigenvalue weighted by atomic mass is 10.5. The number of pyridine rings is 1. The molecule has 0 bridgehead atoms. The Balaban J connectivity index is 2.92. The van der Waals surface area contributed by atoms with Crippen LogP contribution in [-0.2, 0) is 0 Å². The minimum absolute atomic E-state index is 0.0869. The molecule has 2 nitrogen and oxygen atoms in total. The Morgan fingerprint density at radius 2 is 2.27 bits per heavy atom. The third kappa shape index (κ3) is 0.886. The van der Waals surface area contributed by atoms with E-state index < -0.39 is 5.95 Å². The second-order valence-corrected chi connectivity index (χ2v) is 2.48. The molecule has 0 aliphatic carbocycles. The van der Waals surface area contributed by atoms with Crippen molar-refractivity contribution in [1.82, 2.24) is 9.38 Å². The van der Waals surface area contributed by atoms with E-state index >= 15 is 0 Å². The molecule has 0 radical (unpaired) electrons. The van der Waals surface area contributed by atoms with Crippen LogP contribution in [0.15, 0.2) is 24.4 Å². The summed E-state index contributed by atoms with van der Waals surface area (Å²) in [4.78, 5) is 3.77. The van der Waals surface area contributed by atoms with Crippen molar-refractivity contribution in [2.75, 3.05) is 0 Å². The van der Waals surface area contributed by atoms with E-state index in [0.29, 0.717) is 5.65 Å². The molecule has 0 aliphatic rings. The molecule has 56 valence electrons. The summed E-state index contributed by atoms with van der Waals surface area (Å²) in [6.45, 7) is 0. The van der Waals surface area contributed by atoms with Crippen molar-refractivity contribution in [2.45, 2.75) is 0 Å². The quantitative estimate of drug-likeness (QED) is 0.592. The van der Waals surface area contributed by atoms with Crippen molar-refractivity contribution in [3.05, 3.63) is 35.5 Å². The first-order valence-corrected chi connectivity index (χ1v) is 3.45. The Kier molecular flexibility index (Phi) is 1.32.